The molecule has 4 nitrogen and oxygen atoms in total. The molecule has 0 aliphatic heterocycles. The molecule has 0 aliphatic rings. The predicted molar refractivity (Wildman–Crippen MR) is 179 cm³/mol. The highest BCUT2D eigenvalue weighted by atomic mass is 16.3. The van der Waals surface area contributed by atoms with E-state index >= 15 is 0 Å². The Labute approximate surface area is 256 Å². The summed E-state index contributed by atoms with van der Waals surface area (Å²) < 4.78 is 0. The van der Waals surface area contributed by atoms with Crippen molar-refractivity contribution in [2.24, 2.45) is 0 Å². The molecule has 0 aromatic carbocycles. The van der Waals surface area contributed by atoms with E-state index in [1.165, 1.54) is 141 Å². The molecule has 0 radical (unpaired) electrons. The van der Waals surface area contributed by atoms with Gasteiger partial charge in [-0.2, -0.15) is 0 Å². The number of rotatable bonds is 33. The zero-order valence-electron chi connectivity index (χ0n) is 27.8. The van der Waals surface area contributed by atoms with Crippen molar-refractivity contribution < 1.29 is 15.0 Å². The Hall–Kier alpha value is -0.870. The van der Waals surface area contributed by atoms with E-state index in [2.05, 4.69) is 31.3 Å². The Morgan fingerprint density at radius 1 is 0.561 bits per heavy atom. The van der Waals surface area contributed by atoms with Crippen LogP contribution in [-0.2, 0) is 4.79 Å². The smallest absolute Gasteiger partial charge is 0.220 e. The molecule has 1 amide bonds. The van der Waals surface area contributed by atoms with Gasteiger partial charge in [0, 0.05) is 6.42 Å². The Bertz CT molecular complexity index is 550. The molecule has 0 unspecified atom stereocenters. The van der Waals surface area contributed by atoms with E-state index < -0.39 is 12.1 Å². The van der Waals surface area contributed by atoms with Crippen LogP contribution in [0.25, 0.3) is 0 Å². The van der Waals surface area contributed by atoms with Crippen LogP contribution in [0.3, 0.4) is 0 Å². The molecule has 0 fully saturated rings. The first kappa shape index (κ1) is 40.1. The first-order valence-electron chi connectivity index (χ1n) is 18.4. The van der Waals surface area contributed by atoms with E-state index in [9.17, 15) is 15.0 Å². The molecule has 0 heterocycles. The van der Waals surface area contributed by atoms with Crippen LogP contribution < -0.4 is 5.32 Å². The zero-order valence-corrected chi connectivity index (χ0v) is 27.8. The number of aliphatic hydroxyl groups excluding tert-OH is 2. The van der Waals surface area contributed by atoms with Crippen LogP contribution in [-0.4, -0.2) is 34.9 Å². The number of carbonyl (C=O) groups is 1. The van der Waals surface area contributed by atoms with Crippen LogP contribution in [0, 0.1) is 0 Å². The molecule has 3 N–H and O–H groups in total. The average molecular weight is 580 g/mol. The fourth-order valence-corrected chi connectivity index (χ4v) is 5.65. The first-order valence-corrected chi connectivity index (χ1v) is 18.4. The van der Waals surface area contributed by atoms with Crippen LogP contribution >= 0.6 is 0 Å². The third-order valence-electron chi connectivity index (χ3n) is 8.53. The summed E-state index contributed by atoms with van der Waals surface area (Å²) in [5.41, 5.74) is 0. The Balaban J connectivity index is 3.51. The van der Waals surface area contributed by atoms with Gasteiger partial charge in [-0.15, -0.1) is 0 Å². The van der Waals surface area contributed by atoms with Crippen molar-refractivity contribution in [2.45, 2.75) is 212 Å². The van der Waals surface area contributed by atoms with Gasteiger partial charge in [0.2, 0.25) is 5.91 Å². The van der Waals surface area contributed by atoms with Gasteiger partial charge in [-0.05, 0) is 38.5 Å². The van der Waals surface area contributed by atoms with Crippen LogP contribution in [0.5, 0.6) is 0 Å². The van der Waals surface area contributed by atoms with Gasteiger partial charge < -0.3 is 15.5 Å². The zero-order chi connectivity index (χ0) is 30.1. The van der Waals surface area contributed by atoms with Crippen molar-refractivity contribution in [3.63, 3.8) is 0 Å². The lowest BCUT2D eigenvalue weighted by molar-refractivity contribution is -0.123. The second-order valence-electron chi connectivity index (χ2n) is 12.6. The molecular formula is C37H73NO3. The summed E-state index contributed by atoms with van der Waals surface area (Å²) in [5, 5.41) is 22.9. The summed E-state index contributed by atoms with van der Waals surface area (Å²) >= 11 is 0. The Kier molecular flexibility index (Phi) is 32.9. The normalized spacial score (nSPS) is 13.2. The van der Waals surface area contributed by atoms with Gasteiger partial charge in [-0.25, -0.2) is 0 Å². The number of carbonyl (C=O) groups excluding carboxylic acids is 1. The fourth-order valence-electron chi connectivity index (χ4n) is 5.65. The topological polar surface area (TPSA) is 69.6 Å². The maximum atomic E-state index is 12.3. The minimum Gasteiger partial charge on any atom is -0.394 e. The molecule has 0 saturated heterocycles. The molecule has 0 saturated carbocycles. The minimum absolute atomic E-state index is 0.0407. The van der Waals surface area contributed by atoms with Crippen molar-refractivity contribution in [1.82, 2.24) is 5.32 Å². The highest BCUT2D eigenvalue weighted by Crippen LogP contribution is 2.15. The number of hydrogen-bond acceptors (Lipinski definition) is 3. The predicted octanol–water partition coefficient (Wildman–Crippen LogP) is 10.7. The van der Waals surface area contributed by atoms with Crippen molar-refractivity contribution in [3.8, 4) is 0 Å². The Morgan fingerprint density at radius 2 is 0.927 bits per heavy atom. The molecule has 41 heavy (non-hydrogen) atoms. The van der Waals surface area contributed by atoms with E-state index in [0.29, 0.717) is 12.8 Å². The molecule has 0 aliphatic carbocycles. The highest BCUT2D eigenvalue weighted by Gasteiger charge is 2.19. The number of aliphatic hydroxyl groups is 2. The van der Waals surface area contributed by atoms with Crippen molar-refractivity contribution in [1.29, 1.82) is 0 Å². The van der Waals surface area contributed by atoms with Crippen LogP contribution in [0.1, 0.15) is 200 Å². The third kappa shape index (κ3) is 30.4. The van der Waals surface area contributed by atoms with E-state index in [1.807, 2.05) is 0 Å². The van der Waals surface area contributed by atoms with Crippen molar-refractivity contribution >= 4 is 5.91 Å². The molecule has 0 aromatic rings. The first-order chi connectivity index (χ1) is 20.2. The highest BCUT2D eigenvalue weighted by molar-refractivity contribution is 5.76. The van der Waals surface area contributed by atoms with Crippen LogP contribution in [0.4, 0.5) is 0 Å². The maximum absolute atomic E-state index is 12.3. The molecular weight excluding hydrogens is 506 g/mol. The molecule has 0 bridgehead atoms. The second kappa shape index (κ2) is 33.6. The summed E-state index contributed by atoms with van der Waals surface area (Å²) in [7, 11) is 0. The number of allylic oxidation sites excluding steroid dienone is 2. The lowest BCUT2D eigenvalue weighted by Gasteiger charge is -2.22. The van der Waals surface area contributed by atoms with Gasteiger partial charge in [0.1, 0.15) is 0 Å². The lowest BCUT2D eigenvalue weighted by Crippen LogP contribution is -2.45. The molecule has 244 valence electrons. The molecule has 0 aromatic heterocycles. The van der Waals surface area contributed by atoms with E-state index in [-0.39, 0.29) is 12.5 Å². The fraction of sp³-hybridized carbons (Fsp3) is 0.919. The Morgan fingerprint density at radius 3 is 1.34 bits per heavy atom. The number of amides is 1. The van der Waals surface area contributed by atoms with Crippen molar-refractivity contribution in [2.75, 3.05) is 6.61 Å². The molecule has 0 rings (SSSR count). The number of nitrogens with one attached hydrogen (secondary N) is 1. The van der Waals surface area contributed by atoms with E-state index in [4.69, 9.17) is 0 Å². The molecule has 2 atom stereocenters. The third-order valence-corrected chi connectivity index (χ3v) is 8.53. The van der Waals surface area contributed by atoms with Gasteiger partial charge in [-0.3, -0.25) is 4.79 Å². The van der Waals surface area contributed by atoms with Crippen LogP contribution in [0.2, 0.25) is 0 Å². The maximum Gasteiger partial charge on any atom is 0.220 e. The molecule has 4 heteroatoms. The van der Waals surface area contributed by atoms with Gasteiger partial charge in [0.05, 0.1) is 18.8 Å². The summed E-state index contributed by atoms with van der Waals surface area (Å²) in [5.74, 6) is -0.0407. The summed E-state index contributed by atoms with van der Waals surface area (Å²) in [6.07, 6.45) is 39.9. The molecule has 0 spiro atoms. The van der Waals surface area contributed by atoms with Crippen LogP contribution in [0.15, 0.2) is 12.2 Å². The van der Waals surface area contributed by atoms with E-state index in [0.717, 1.165) is 32.1 Å². The number of hydrogen-bond donors (Lipinski definition) is 3. The summed E-state index contributed by atoms with van der Waals surface area (Å²) in [6.45, 7) is 4.32. The standard InChI is InChI=1S/C37H73NO3/c1-3-5-7-9-11-13-15-16-17-18-19-20-21-22-23-25-27-29-31-33-37(41)38-35(34-39)36(40)32-30-28-26-24-14-12-10-8-6-4-2/h14,24,35-36,39-40H,3-13,15-23,25-34H2,1-2H3,(H,38,41)/b24-14+/t35-,36+/m0/s1. The quantitative estimate of drug-likeness (QED) is 0.0535. The SMILES string of the molecule is CCCCCC/C=C/CCCC[C@@H](O)[C@H](CO)NC(=O)CCCCCCCCCCCCCCCCCCCCC. The number of unbranched alkanes of at least 4 members (excludes halogenated alkanes) is 24. The van der Waals surface area contributed by atoms with Crippen molar-refractivity contribution in [3.05, 3.63) is 12.2 Å². The summed E-state index contributed by atoms with van der Waals surface area (Å²) in [4.78, 5) is 12.3. The van der Waals surface area contributed by atoms with Gasteiger partial charge in [-0.1, -0.05) is 167 Å². The second-order valence-corrected chi connectivity index (χ2v) is 12.6. The van der Waals surface area contributed by atoms with Gasteiger partial charge >= 0.3 is 0 Å². The average Bonchev–Trinajstić information content (AvgIpc) is 2.97. The van der Waals surface area contributed by atoms with Gasteiger partial charge in [0.25, 0.3) is 0 Å². The largest absolute Gasteiger partial charge is 0.394 e. The summed E-state index contributed by atoms with van der Waals surface area (Å²) in [6, 6.07) is -0.545. The monoisotopic (exact) mass is 580 g/mol. The van der Waals surface area contributed by atoms with E-state index in [1.54, 1.807) is 0 Å². The van der Waals surface area contributed by atoms with Gasteiger partial charge in [0.15, 0.2) is 0 Å². The lowest BCUT2D eigenvalue weighted by atomic mass is 10.0. The minimum atomic E-state index is -0.674.